The highest BCUT2D eigenvalue weighted by atomic mass is 16.5. The fourth-order valence-corrected chi connectivity index (χ4v) is 3.33. The van der Waals surface area contributed by atoms with Gasteiger partial charge in [-0.15, -0.1) is 0 Å². The molecule has 4 heteroatoms. The van der Waals surface area contributed by atoms with Crippen LogP contribution >= 0.6 is 0 Å². The SMILES string of the molecule is Cc1ccc(-n2c(-c3ccccc3)nc(-c3ccc(OC(C)C)cc3)cc2=O)cc1. The van der Waals surface area contributed by atoms with Crippen molar-refractivity contribution in [2.75, 3.05) is 0 Å². The van der Waals surface area contributed by atoms with Crippen LogP contribution < -0.4 is 10.3 Å². The molecule has 0 bridgehead atoms. The van der Waals surface area contributed by atoms with Gasteiger partial charge in [0.2, 0.25) is 0 Å². The first-order chi connectivity index (χ1) is 14.5. The molecule has 0 spiro atoms. The Balaban J connectivity index is 1.86. The molecule has 0 radical (unpaired) electrons. The molecule has 0 saturated heterocycles. The lowest BCUT2D eigenvalue weighted by Gasteiger charge is -2.15. The maximum atomic E-state index is 13.2. The summed E-state index contributed by atoms with van der Waals surface area (Å²) in [6.45, 7) is 6.01. The van der Waals surface area contributed by atoms with E-state index in [1.54, 1.807) is 10.6 Å². The second kappa shape index (κ2) is 8.37. The Morgan fingerprint density at radius 3 is 2.13 bits per heavy atom. The summed E-state index contributed by atoms with van der Waals surface area (Å²) in [6, 6.07) is 27.0. The van der Waals surface area contributed by atoms with Crippen LogP contribution in [0, 0.1) is 6.92 Å². The summed E-state index contributed by atoms with van der Waals surface area (Å²) in [6.07, 6.45) is 0.108. The highest BCUT2D eigenvalue weighted by Gasteiger charge is 2.14. The first-order valence-corrected chi connectivity index (χ1v) is 10.0. The summed E-state index contributed by atoms with van der Waals surface area (Å²) in [4.78, 5) is 18.1. The zero-order valence-corrected chi connectivity index (χ0v) is 17.4. The third-order valence-corrected chi connectivity index (χ3v) is 4.76. The van der Waals surface area contributed by atoms with E-state index in [0.29, 0.717) is 11.5 Å². The maximum absolute atomic E-state index is 13.2. The summed E-state index contributed by atoms with van der Waals surface area (Å²) < 4.78 is 7.38. The summed E-state index contributed by atoms with van der Waals surface area (Å²) in [7, 11) is 0. The van der Waals surface area contributed by atoms with E-state index in [1.165, 1.54) is 0 Å². The standard InChI is InChI=1S/C26H24N2O2/c1-18(2)30-23-15-11-20(12-16-23)24-17-25(29)28(22-13-9-19(3)10-14-22)26(27-24)21-7-5-4-6-8-21/h4-18H,1-3H3. The summed E-state index contributed by atoms with van der Waals surface area (Å²) >= 11 is 0. The van der Waals surface area contributed by atoms with E-state index in [0.717, 1.165) is 28.1 Å². The van der Waals surface area contributed by atoms with Crippen LogP contribution in [0.4, 0.5) is 0 Å². The van der Waals surface area contributed by atoms with Gasteiger partial charge in [-0.1, -0.05) is 48.0 Å². The summed E-state index contributed by atoms with van der Waals surface area (Å²) in [5.41, 5.74) is 4.21. The molecular formula is C26H24N2O2. The number of aryl methyl sites for hydroxylation is 1. The second-order valence-corrected chi connectivity index (χ2v) is 7.53. The Morgan fingerprint density at radius 2 is 1.50 bits per heavy atom. The van der Waals surface area contributed by atoms with Crippen LogP contribution in [0.3, 0.4) is 0 Å². The third-order valence-electron chi connectivity index (χ3n) is 4.76. The normalized spacial score (nSPS) is 10.9. The first-order valence-electron chi connectivity index (χ1n) is 10.0. The first kappa shape index (κ1) is 19.6. The molecule has 3 aromatic carbocycles. The Kier molecular flexibility index (Phi) is 5.48. The minimum absolute atomic E-state index is 0.108. The van der Waals surface area contributed by atoms with Crippen molar-refractivity contribution in [1.29, 1.82) is 0 Å². The number of rotatable bonds is 5. The van der Waals surface area contributed by atoms with Gasteiger partial charge >= 0.3 is 0 Å². The van der Waals surface area contributed by atoms with Crippen molar-refractivity contribution in [3.63, 3.8) is 0 Å². The molecule has 0 atom stereocenters. The monoisotopic (exact) mass is 396 g/mol. The molecule has 0 N–H and O–H groups in total. The zero-order chi connectivity index (χ0) is 21.1. The molecule has 0 fully saturated rings. The van der Waals surface area contributed by atoms with Crippen LogP contribution in [0.1, 0.15) is 19.4 Å². The summed E-state index contributed by atoms with van der Waals surface area (Å²) in [5.74, 6) is 1.41. The van der Waals surface area contributed by atoms with Gasteiger partial charge in [0, 0.05) is 17.2 Å². The minimum Gasteiger partial charge on any atom is -0.491 e. The van der Waals surface area contributed by atoms with Gasteiger partial charge in [-0.3, -0.25) is 9.36 Å². The number of benzene rings is 3. The molecule has 0 amide bonds. The Morgan fingerprint density at radius 1 is 0.833 bits per heavy atom. The number of hydrogen-bond acceptors (Lipinski definition) is 3. The third kappa shape index (κ3) is 4.18. The highest BCUT2D eigenvalue weighted by Crippen LogP contribution is 2.25. The van der Waals surface area contributed by atoms with Crippen molar-refractivity contribution in [3.05, 3.63) is 101 Å². The summed E-state index contributed by atoms with van der Waals surface area (Å²) in [5, 5.41) is 0. The van der Waals surface area contributed by atoms with Crippen molar-refractivity contribution in [1.82, 2.24) is 9.55 Å². The van der Waals surface area contributed by atoms with Crippen LogP contribution in [-0.4, -0.2) is 15.7 Å². The van der Waals surface area contributed by atoms with E-state index in [-0.39, 0.29) is 11.7 Å². The van der Waals surface area contributed by atoms with Crippen LogP contribution in [0.25, 0.3) is 28.3 Å². The average Bonchev–Trinajstić information content (AvgIpc) is 2.75. The van der Waals surface area contributed by atoms with Gasteiger partial charge in [0.1, 0.15) is 11.6 Å². The predicted molar refractivity (Wildman–Crippen MR) is 121 cm³/mol. The van der Waals surface area contributed by atoms with Crippen LogP contribution in [-0.2, 0) is 0 Å². The van der Waals surface area contributed by atoms with E-state index < -0.39 is 0 Å². The zero-order valence-electron chi connectivity index (χ0n) is 17.4. The van der Waals surface area contributed by atoms with E-state index in [4.69, 9.17) is 9.72 Å². The molecular weight excluding hydrogens is 372 g/mol. The fraction of sp³-hybridized carbons (Fsp3) is 0.154. The van der Waals surface area contributed by atoms with Crippen molar-refractivity contribution in [2.45, 2.75) is 26.9 Å². The largest absolute Gasteiger partial charge is 0.491 e. The number of hydrogen-bond donors (Lipinski definition) is 0. The van der Waals surface area contributed by atoms with Gasteiger partial charge < -0.3 is 4.74 Å². The second-order valence-electron chi connectivity index (χ2n) is 7.53. The molecule has 1 heterocycles. The molecule has 150 valence electrons. The van der Waals surface area contributed by atoms with Crippen molar-refractivity contribution >= 4 is 0 Å². The van der Waals surface area contributed by atoms with Gasteiger partial charge in [-0.05, 0) is 57.2 Å². The topological polar surface area (TPSA) is 44.1 Å². The van der Waals surface area contributed by atoms with Gasteiger partial charge in [-0.2, -0.15) is 0 Å². The van der Waals surface area contributed by atoms with Gasteiger partial charge in [0.15, 0.2) is 0 Å². The molecule has 0 saturated carbocycles. The van der Waals surface area contributed by atoms with Crippen molar-refractivity contribution in [3.8, 4) is 34.1 Å². The lowest BCUT2D eigenvalue weighted by atomic mass is 10.1. The lowest BCUT2D eigenvalue weighted by molar-refractivity contribution is 0.242. The van der Waals surface area contributed by atoms with Gasteiger partial charge in [-0.25, -0.2) is 4.98 Å². The highest BCUT2D eigenvalue weighted by molar-refractivity contribution is 5.66. The fourth-order valence-electron chi connectivity index (χ4n) is 3.33. The Bertz CT molecular complexity index is 1190. The Labute approximate surface area is 176 Å². The molecule has 4 aromatic rings. The van der Waals surface area contributed by atoms with Crippen molar-refractivity contribution in [2.24, 2.45) is 0 Å². The molecule has 0 unspecified atom stereocenters. The minimum atomic E-state index is -0.120. The molecule has 0 aliphatic heterocycles. The molecule has 0 aliphatic carbocycles. The number of ether oxygens (including phenoxy) is 1. The number of nitrogens with zero attached hydrogens (tertiary/aromatic N) is 2. The smallest absolute Gasteiger partial charge is 0.258 e. The molecule has 30 heavy (non-hydrogen) atoms. The molecule has 1 aromatic heterocycles. The quantitative estimate of drug-likeness (QED) is 0.437. The van der Waals surface area contributed by atoms with E-state index in [2.05, 4.69) is 0 Å². The van der Waals surface area contributed by atoms with E-state index >= 15 is 0 Å². The number of aromatic nitrogens is 2. The van der Waals surface area contributed by atoms with Crippen LogP contribution in [0.15, 0.2) is 89.7 Å². The Hall–Kier alpha value is -3.66. The van der Waals surface area contributed by atoms with Crippen LogP contribution in [0.5, 0.6) is 5.75 Å². The van der Waals surface area contributed by atoms with Crippen LogP contribution in [0.2, 0.25) is 0 Å². The van der Waals surface area contributed by atoms with E-state index in [1.807, 2.05) is 99.6 Å². The molecule has 0 aliphatic rings. The van der Waals surface area contributed by atoms with Gasteiger partial charge in [0.25, 0.3) is 5.56 Å². The van der Waals surface area contributed by atoms with Crippen molar-refractivity contribution < 1.29 is 4.74 Å². The molecule has 4 nitrogen and oxygen atoms in total. The predicted octanol–water partition coefficient (Wildman–Crippen LogP) is 5.66. The van der Waals surface area contributed by atoms with Gasteiger partial charge in [0.05, 0.1) is 17.5 Å². The molecule has 4 rings (SSSR count). The lowest BCUT2D eigenvalue weighted by Crippen LogP contribution is -2.21. The maximum Gasteiger partial charge on any atom is 0.258 e. The van der Waals surface area contributed by atoms with E-state index in [9.17, 15) is 4.79 Å². The average molecular weight is 396 g/mol.